The Labute approximate surface area is 176 Å². The van der Waals surface area contributed by atoms with Crippen LogP contribution in [-0.2, 0) is 6.61 Å². The number of benzene rings is 2. The number of hydrogen-bond donors (Lipinski definition) is 1. The van der Waals surface area contributed by atoms with Gasteiger partial charge in [-0.05, 0) is 42.5 Å². The van der Waals surface area contributed by atoms with Crippen LogP contribution < -0.4 is 10.1 Å². The Kier molecular flexibility index (Phi) is 10.2. The lowest BCUT2D eigenvalue weighted by Gasteiger charge is -2.35. The predicted molar refractivity (Wildman–Crippen MR) is 119 cm³/mol. The van der Waals surface area contributed by atoms with Crippen molar-refractivity contribution in [2.75, 3.05) is 26.2 Å². The van der Waals surface area contributed by atoms with E-state index in [2.05, 4.69) is 67.4 Å². The summed E-state index contributed by atoms with van der Waals surface area (Å²) >= 11 is 0. The van der Waals surface area contributed by atoms with Crippen LogP contribution in [0.3, 0.4) is 0 Å². The maximum Gasteiger partial charge on any atom is 0.125 e. The van der Waals surface area contributed by atoms with Gasteiger partial charge in [-0.1, -0.05) is 49.4 Å². The number of aryl methyl sites for hydroxylation is 2. The number of nitrogens with one attached hydrogen (secondary N) is 1. The van der Waals surface area contributed by atoms with Crippen LogP contribution >= 0.6 is 24.8 Å². The number of halogens is 2. The molecule has 1 fully saturated rings. The van der Waals surface area contributed by atoms with Crippen molar-refractivity contribution in [3.63, 3.8) is 0 Å². The van der Waals surface area contributed by atoms with Crippen LogP contribution in [0.4, 0.5) is 0 Å². The number of ether oxygens (including phenoxy) is 1. The molecule has 0 unspecified atom stereocenters. The quantitative estimate of drug-likeness (QED) is 0.717. The highest BCUT2D eigenvalue weighted by Crippen LogP contribution is 2.32. The molecule has 1 aliphatic heterocycles. The Balaban J connectivity index is 0.00000182. The SMILES string of the molecule is CC[C@H](c1cc(C)c(OCc2ccccc2)c(C)c1)N1CCNCC1.Cl.Cl. The van der Waals surface area contributed by atoms with E-state index in [1.807, 2.05) is 6.07 Å². The predicted octanol–water partition coefficient (Wildman–Crippen LogP) is 5.08. The van der Waals surface area contributed by atoms with E-state index in [-0.39, 0.29) is 24.8 Å². The smallest absolute Gasteiger partial charge is 0.125 e. The van der Waals surface area contributed by atoms with E-state index in [0.29, 0.717) is 12.6 Å². The Hall–Kier alpha value is -1.26. The van der Waals surface area contributed by atoms with Gasteiger partial charge in [0.25, 0.3) is 0 Å². The highest BCUT2D eigenvalue weighted by molar-refractivity contribution is 5.85. The van der Waals surface area contributed by atoms with E-state index < -0.39 is 0 Å². The largest absolute Gasteiger partial charge is 0.488 e. The second-order valence-corrected chi connectivity index (χ2v) is 6.97. The lowest BCUT2D eigenvalue weighted by molar-refractivity contribution is 0.169. The van der Waals surface area contributed by atoms with Crippen molar-refractivity contribution in [3.05, 3.63) is 64.7 Å². The fourth-order valence-electron chi connectivity index (χ4n) is 3.83. The fourth-order valence-corrected chi connectivity index (χ4v) is 3.83. The molecule has 0 amide bonds. The van der Waals surface area contributed by atoms with Crippen molar-refractivity contribution in [1.82, 2.24) is 10.2 Å². The summed E-state index contributed by atoms with van der Waals surface area (Å²) in [6, 6.07) is 15.5. The summed E-state index contributed by atoms with van der Waals surface area (Å²) in [5.41, 5.74) is 5.10. The highest BCUT2D eigenvalue weighted by atomic mass is 35.5. The fraction of sp³-hybridized carbons (Fsp3) is 0.455. The van der Waals surface area contributed by atoms with Crippen LogP contribution in [0.15, 0.2) is 42.5 Å². The lowest BCUT2D eigenvalue weighted by atomic mass is 9.97. The summed E-state index contributed by atoms with van der Waals surface area (Å²) in [5.74, 6) is 1.03. The lowest BCUT2D eigenvalue weighted by Crippen LogP contribution is -2.45. The van der Waals surface area contributed by atoms with Gasteiger partial charge in [-0.2, -0.15) is 0 Å². The van der Waals surface area contributed by atoms with Gasteiger partial charge in [-0.25, -0.2) is 0 Å². The van der Waals surface area contributed by atoms with Gasteiger partial charge in [0.05, 0.1) is 0 Å². The molecule has 1 saturated heterocycles. The monoisotopic (exact) mass is 410 g/mol. The molecular formula is C22H32Cl2N2O. The van der Waals surface area contributed by atoms with E-state index >= 15 is 0 Å². The Bertz CT molecular complexity index is 665. The molecule has 2 aromatic carbocycles. The number of hydrogen-bond acceptors (Lipinski definition) is 3. The third-order valence-electron chi connectivity index (χ3n) is 5.07. The van der Waals surface area contributed by atoms with Gasteiger partial charge in [0.2, 0.25) is 0 Å². The summed E-state index contributed by atoms with van der Waals surface area (Å²) in [4.78, 5) is 2.61. The molecule has 27 heavy (non-hydrogen) atoms. The molecule has 5 heteroatoms. The zero-order chi connectivity index (χ0) is 17.6. The Morgan fingerprint density at radius 2 is 1.59 bits per heavy atom. The molecule has 3 rings (SSSR count). The normalized spacial score (nSPS) is 15.4. The van der Waals surface area contributed by atoms with Crippen LogP contribution in [0.1, 0.15) is 41.6 Å². The van der Waals surface area contributed by atoms with E-state index in [1.54, 1.807) is 0 Å². The molecule has 0 radical (unpaired) electrons. The van der Waals surface area contributed by atoms with E-state index in [9.17, 15) is 0 Å². The highest BCUT2D eigenvalue weighted by Gasteiger charge is 2.21. The van der Waals surface area contributed by atoms with E-state index in [4.69, 9.17) is 4.74 Å². The second-order valence-electron chi connectivity index (χ2n) is 6.97. The first-order valence-electron chi connectivity index (χ1n) is 9.41. The third-order valence-corrected chi connectivity index (χ3v) is 5.07. The molecule has 1 aliphatic rings. The van der Waals surface area contributed by atoms with Crippen LogP contribution in [0.25, 0.3) is 0 Å². The van der Waals surface area contributed by atoms with Crippen LogP contribution in [0.5, 0.6) is 5.75 Å². The first-order valence-corrected chi connectivity index (χ1v) is 9.41. The molecule has 0 bridgehead atoms. The van der Waals surface area contributed by atoms with Crippen molar-refractivity contribution in [2.45, 2.75) is 39.8 Å². The summed E-state index contributed by atoms with van der Waals surface area (Å²) in [7, 11) is 0. The maximum absolute atomic E-state index is 6.14. The van der Waals surface area contributed by atoms with Gasteiger partial charge in [-0.15, -0.1) is 24.8 Å². The minimum Gasteiger partial charge on any atom is -0.488 e. The van der Waals surface area contributed by atoms with E-state index in [1.165, 1.54) is 22.3 Å². The third kappa shape index (κ3) is 6.11. The number of piperazine rings is 1. The van der Waals surface area contributed by atoms with Gasteiger partial charge in [0.1, 0.15) is 12.4 Å². The molecule has 1 heterocycles. The molecule has 3 nitrogen and oxygen atoms in total. The zero-order valence-corrected chi connectivity index (χ0v) is 18.2. The van der Waals surface area contributed by atoms with Gasteiger partial charge in [0, 0.05) is 32.2 Å². The first-order chi connectivity index (χ1) is 12.2. The molecule has 150 valence electrons. The Morgan fingerprint density at radius 3 is 2.15 bits per heavy atom. The number of nitrogens with zero attached hydrogens (tertiary/aromatic N) is 1. The minimum absolute atomic E-state index is 0. The molecule has 0 aromatic heterocycles. The average Bonchev–Trinajstić information content (AvgIpc) is 2.63. The number of rotatable bonds is 6. The first kappa shape index (κ1) is 23.8. The Morgan fingerprint density at radius 1 is 1.00 bits per heavy atom. The molecule has 1 atom stereocenters. The minimum atomic E-state index is 0. The summed E-state index contributed by atoms with van der Waals surface area (Å²) in [6.45, 7) is 11.7. The summed E-state index contributed by atoms with van der Waals surface area (Å²) in [5, 5.41) is 3.45. The average molecular weight is 411 g/mol. The van der Waals surface area contributed by atoms with Crippen LogP contribution in [-0.4, -0.2) is 31.1 Å². The second kappa shape index (κ2) is 11.6. The van der Waals surface area contributed by atoms with Crippen molar-refractivity contribution >= 4 is 24.8 Å². The zero-order valence-electron chi connectivity index (χ0n) is 16.5. The van der Waals surface area contributed by atoms with E-state index in [0.717, 1.165) is 38.3 Å². The standard InChI is InChI=1S/C22H30N2O.2ClH/c1-4-21(24-12-10-23-11-13-24)20-14-17(2)22(18(3)15-20)25-16-19-8-6-5-7-9-19;;/h5-9,14-15,21,23H,4,10-13,16H2,1-3H3;2*1H/t21-;;/m1../s1. The van der Waals surface area contributed by atoms with Gasteiger partial charge in [0.15, 0.2) is 0 Å². The van der Waals surface area contributed by atoms with Gasteiger partial charge in [-0.3, -0.25) is 4.90 Å². The summed E-state index contributed by atoms with van der Waals surface area (Å²) < 4.78 is 6.14. The molecule has 1 N–H and O–H groups in total. The molecular weight excluding hydrogens is 379 g/mol. The topological polar surface area (TPSA) is 24.5 Å². The van der Waals surface area contributed by atoms with Gasteiger partial charge < -0.3 is 10.1 Å². The van der Waals surface area contributed by atoms with Crippen molar-refractivity contribution in [3.8, 4) is 5.75 Å². The molecule has 0 aliphatic carbocycles. The van der Waals surface area contributed by atoms with Crippen LogP contribution in [0.2, 0.25) is 0 Å². The van der Waals surface area contributed by atoms with Crippen molar-refractivity contribution in [1.29, 1.82) is 0 Å². The maximum atomic E-state index is 6.14. The molecule has 2 aromatic rings. The molecule has 0 saturated carbocycles. The summed E-state index contributed by atoms with van der Waals surface area (Å²) in [6.07, 6.45) is 1.14. The van der Waals surface area contributed by atoms with Crippen molar-refractivity contribution < 1.29 is 4.74 Å². The van der Waals surface area contributed by atoms with Gasteiger partial charge >= 0.3 is 0 Å². The van der Waals surface area contributed by atoms with Crippen LogP contribution in [0, 0.1) is 13.8 Å². The molecule has 0 spiro atoms. The van der Waals surface area contributed by atoms with Crippen molar-refractivity contribution in [2.24, 2.45) is 0 Å².